The van der Waals surface area contributed by atoms with Crippen LogP contribution in [0.2, 0.25) is 0 Å². The monoisotopic (exact) mass is 1880 g/mol. The van der Waals surface area contributed by atoms with Gasteiger partial charge in [0.2, 0.25) is 0 Å². The van der Waals surface area contributed by atoms with Crippen LogP contribution in [0.15, 0.2) is 582 Å². The lowest BCUT2D eigenvalue weighted by Gasteiger charge is -2.26. The molecule has 0 atom stereocenters. The smallest absolute Gasteiger partial charge is 0.0547 e. The summed E-state index contributed by atoms with van der Waals surface area (Å²) in [5, 5.41) is 25.3. The fraction of sp³-hybridized carbons (Fsp3) is 0. The fourth-order valence-corrected chi connectivity index (χ4v) is 22.5. The Morgan fingerprint density at radius 3 is 0.615 bits per heavy atom. The molecule has 0 fully saturated rings. The van der Waals surface area contributed by atoms with Crippen LogP contribution in [0.3, 0.4) is 0 Å². The maximum Gasteiger partial charge on any atom is 0.0547 e. The van der Waals surface area contributed by atoms with Gasteiger partial charge in [-0.05, 0) is 320 Å². The second kappa shape index (κ2) is 37.7. The Balaban J connectivity index is 0.000000110. The highest BCUT2D eigenvalue weighted by Crippen LogP contribution is 2.47. The third kappa shape index (κ3) is 16.1. The van der Waals surface area contributed by atoms with E-state index in [1.807, 2.05) is 0 Å². The average Bonchev–Trinajstić information content (AvgIpc) is 1.58. The molecule has 694 valence electrons. The summed E-state index contributed by atoms with van der Waals surface area (Å²) in [5.74, 6) is 0. The van der Waals surface area contributed by atoms with Gasteiger partial charge >= 0.3 is 0 Å². The zero-order chi connectivity index (χ0) is 97.9. The van der Waals surface area contributed by atoms with E-state index in [4.69, 9.17) is 0 Å². The lowest BCUT2D eigenvalue weighted by atomic mass is 10.0. The van der Waals surface area contributed by atoms with Crippen molar-refractivity contribution >= 4 is 192 Å². The third-order valence-electron chi connectivity index (χ3n) is 29.6. The summed E-state index contributed by atoms with van der Waals surface area (Å²) >= 11 is 0. The lowest BCUT2D eigenvalue weighted by molar-refractivity contribution is 1.17. The van der Waals surface area contributed by atoms with E-state index >= 15 is 0 Å². The van der Waals surface area contributed by atoms with Crippen molar-refractivity contribution in [2.75, 3.05) is 14.7 Å². The summed E-state index contributed by atoms with van der Waals surface area (Å²) in [7, 11) is 0. The van der Waals surface area contributed by atoms with Crippen LogP contribution in [-0.4, -0.2) is 13.7 Å². The number of hydrogen-bond donors (Lipinski definition) is 0. The van der Waals surface area contributed by atoms with Crippen LogP contribution in [-0.2, 0) is 0 Å². The van der Waals surface area contributed by atoms with E-state index in [0.717, 1.165) is 68.2 Å². The number of aromatic nitrogens is 3. The predicted octanol–water partition coefficient (Wildman–Crippen LogP) is 39.5. The Kier molecular flexibility index (Phi) is 22.2. The second-order valence-corrected chi connectivity index (χ2v) is 38.3. The molecule has 0 N–H and O–H groups in total. The van der Waals surface area contributed by atoms with Crippen LogP contribution < -0.4 is 14.7 Å². The zero-order valence-corrected chi connectivity index (χ0v) is 81.1. The lowest BCUT2D eigenvalue weighted by Crippen LogP contribution is -2.10. The number of nitrogens with zero attached hydrogens (tertiary/aromatic N) is 6. The Bertz CT molecular complexity index is 10100. The fourth-order valence-electron chi connectivity index (χ4n) is 22.5. The molecule has 0 bridgehead atoms. The minimum Gasteiger partial charge on any atom is -0.311 e. The van der Waals surface area contributed by atoms with E-state index in [9.17, 15) is 0 Å². The number of para-hydroxylation sites is 4. The highest BCUT2D eigenvalue weighted by atomic mass is 15.2. The molecule has 0 radical (unpaired) electrons. The van der Waals surface area contributed by atoms with Crippen LogP contribution >= 0.6 is 0 Å². The van der Waals surface area contributed by atoms with Crippen LogP contribution in [0.25, 0.3) is 202 Å². The normalized spacial score (nSPS) is 11.5. The Morgan fingerprint density at radius 2 is 0.304 bits per heavy atom. The van der Waals surface area contributed by atoms with Gasteiger partial charge in [0.1, 0.15) is 0 Å². The molecule has 0 aliphatic rings. The first kappa shape index (κ1) is 87.4. The average molecular weight is 1890 g/mol. The van der Waals surface area contributed by atoms with E-state index in [1.165, 1.54) is 185 Å². The summed E-state index contributed by atoms with van der Waals surface area (Å²) in [6.07, 6.45) is 0. The van der Waals surface area contributed by atoms with Gasteiger partial charge in [-0.15, -0.1) is 0 Å². The Labute approximate surface area is 858 Å². The largest absolute Gasteiger partial charge is 0.311 e. The van der Waals surface area contributed by atoms with Crippen LogP contribution in [0.4, 0.5) is 51.2 Å². The number of fused-ring (bicyclic) bond motifs is 19. The van der Waals surface area contributed by atoms with Gasteiger partial charge in [0.25, 0.3) is 0 Å². The van der Waals surface area contributed by atoms with Crippen molar-refractivity contribution in [3.63, 3.8) is 0 Å². The molecule has 0 amide bonds. The molecule has 0 saturated heterocycles. The molecule has 3 aromatic heterocycles. The van der Waals surface area contributed by atoms with E-state index in [-0.39, 0.29) is 0 Å². The minimum atomic E-state index is 1.10. The van der Waals surface area contributed by atoms with Gasteiger partial charge in [0.05, 0.1) is 33.1 Å². The second-order valence-electron chi connectivity index (χ2n) is 38.3. The van der Waals surface area contributed by atoms with Gasteiger partial charge in [-0.1, -0.05) is 382 Å². The SMILES string of the molecule is c1ccc(-c2ccc(N(c3ccc(-c4ccc5ccccc5c4)cc3)c3ccc(-n4c5ccccc5c5c6ccccc6ccc54)cc3)cc2)cc1.c1ccc(N(c2ccc(-c3ccc4ccccc4c3)cc2)c2ccc(-n3c4ccccc4c4c5ccccc5ccc43)cc2)cc1.c1ccc2cc(-c3ccc(N(c4ccc(-n5c6ccccc6c6c7ccccc7ccc65)cc4)c4ccc5ccccc5c4)cc3)ccc2c1. The molecule has 29 rings (SSSR count). The highest BCUT2D eigenvalue weighted by Gasteiger charge is 2.24. The molecule has 29 aromatic rings. The van der Waals surface area contributed by atoms with Gasteiger partial charge in [0, 0.05) is 101 Å². The maximum atomic E-state index is 2.40. The zero-order valence-electron chi connectivity index (χ0n) is 81.1. The van der Waals surface area contributed by atoms with E-state index < -0.39 is 0 Å². The maximum absolute atomic E-state index is 2.40. The molecular formula is C142H96N6. The summed E-state index contributed by atoms with van der Waals surface area (Å²) < 4.78 is 7.20. The van der Waals surface area contributed by atoms with Crippen molar-refractivity contribution < 1.29 is 0 Å². The summed E-state index contributed by atoms with van der Waals surface area (Å²) in [5.41, 5.74) is 30.4. The van der Waals surface area contributed by atoms with E-state index in [0.29, 0.717) is 0 Å². The topological polar surface area (TPSA) is 24.5 Å². The van der Waals surface area contributed by atoms with Crippen molar-refractivity contribution in [3.05, 3.63) is 582 Å². The number of benzene rings is 26. The van der Waals surface area contributed by atoms with Gasteiger partial charge in [-0.25, -0.2) is 0 Å². The first-order chi connectivity index (χ1) is 73.4. The molecule has 26 aromatic carbocycles. The minimum absolute atomic E-state index is 1.10. The molecular weight excluding hydrogens is 1790 g/mol. The summed E-state index contributed by atoms with van der Waals surface area (Å²) in [6.45, 7) is 0. The Morgan fingerprint density at radius 1 is 0.108 bits per heavy atom. The van der Waals surface area contributed by atoms with Gasteiger partial charge in [0.15, 0.2) is 0 Å². The quantitative estimate of drug-likeness (QED) is 0.0964. The first-order valence-corrected chi connectivity index (χ1v) is 50.8. The summed E-state index contributed by atoms with van der Waals surface area (Å²) in [6, 6.07) is 211. The van der Waals surface area contributed by atoms with Gasteiger partial charge < -0.3 is 28.4 Å². The molecule has 0 saturated carbocycles. The van der Waals surface area contributed by atoms with Crippen molar-refractivity contribution in [2.24, 2.45) is 0 Å². The van der Waals surface area contributed by atoms with E-state index in [1.54, 1.807) is 0 Å². The van der Waals surface area contributed by atoms with Crippen molar-refractivity contribution in [2.45, 2.75) is 0 Å². The number of hydrogen-bond acceptors (Lipinski definition) is 3. The molecule has 6 nitrogen and oxygen atoms in total. The van der Waals surface area contributed by atoms with E-state index in [2.05, 4.69) is 611 Å². The molecule has 3 heterocycles. The molecule has 148 heavy (non-hydrogen) atoms. The van der Waals surface area contributed by atoms with Crippen LogP contribution in [0, 0.1) is 0 Å². The van der Waals surface area contributed by atoms with Crippen molar-refractivity contribution in [1.82, 2.24) is 13.7 Å². The third-order valence-corrected chi connectivity index (χ3v) is 29.6. The number of anilines is 9. The molecule has 0 spiro atoms. The Hall–Kier alpha value is -19.7. The summed E-state index contributed by atoms with van der Waals surface area (Å²) in [4.78, 5) is 7.04. The van der Waals surface area contributed by atoms with Gasteiger partial charge in [-0.3, -0.25) is 0 Å². The first-order valence-electron chi connectivity index (χ1n) is 50.8. The standard InChI is InChI=1S/C50H34N2.C48H32N2.C44H30N2/c1-2-10-35(11-3-1)37-20-25-42(26-21-37)51(43-27-22-38(23-28-43)41-19-18-36-12-4-5-14-40(36)34-41)44-29-31-45(32-30-44)52-48-17-9-8-16-47(48)50-46-15-7-6-13-39(46)24-33-49(50)52;1-3-12-37-31-39(18-17-33(37)9-1)35-19-23-40(24-20-35)49(43-25-21-34-10-2-4-13-38(34)32-43)41-26-28-42(29-27-41)50-46-16-8-7-15-45(46)48-44-14-6-5-11-36(44)22-30-47(48)50;1-2-13-36(14-3-1)45(37-23-20-32(21-24-37)35-19-18-31-10-4-5-12-34(31)30-35)38-25-27-39(28-26-38)46-42-17-9-8-16-41(42)44-40-15-7-6-11-33(40)22-29-43(44)46/h1-34H;1-32H;1-30H. The molecule has 0 unspecified atom stereocenters. The molecule has 0 aliphatic heterocycles. The predicted molar refractivity (Wildman–Crippen MR) is 631 cm³/mol. The van der Waals surface area contributed by atoms with Crippen LogP contribution in [0.5, 0.6) is 0 Å². The molecule has 6 heteroatoms. The molecule has 0 aliphatic carbocycles. The van der Waals surface area contributed by atoms with Crippen molar-refractivity contribution in [1.29, 1.82) is 0 Å². The number of rotatable bonds is 16. The highest BCUT2D eigenvalue weighted by molar-refractivity contribution is 6.24. The van der Waals surface area contributed by atoms with Gasteiger partial charge in [-0.2, -0.15) is 0 Å². The van der Waals surface area contributed by atoms with Crippen molar-refractivity contribution in [3.8, 4) is 61.6 Å². The van der Waals surface area contributed by atoms with Crippen LogP contribution in [0.1, 0.15) is 0 Å².